The van der Waals surface area contributed by atoms with E-state index in [4.69, 9.17) is 5.26 Å². The van der Waals surface area contributed by atoms with Crippen molar-refractivity contribution in [3.05, 3.63) is 29.8 Å². The maximum absolute atomic E-state index is 12.2. The predicted octanol–water partition coefficient (Wildman–Crippen LogP) is 2.50. The largest absolute Gasteiger partial charge is 0.293 e. The molecule has 1 aliphatic carbocycles. The second-order valence-electron chi connectivity index (χ2n) is 4.16. The smallest absolute Gasteiger partial charge is 0.172 e. The zero-order valence-corrected chi connectivity index (χ0v) is 8.88. The highest BCUT2D eigenvalue weighted by Gasteiger charge is 2.61. The monoisotopic (exact) mass is 215 g/mol. The number of carbonyl (C=O) groups is 1. The Hall–Kier alpha value is -1.27. The van der Waals surface area contributed by atoms with Gasteiger partial charge in [0.1, 0.15) is 0 Å². The molecule has 1 fully saturated rings. The minimum atomic E-state index is -0.340. The third-order valence-corrected chi connectivity index (χ3v) is 4.63. The third kappa shape index (κ3) is 1.09. The van der Waals surface area contributed by atoms with Crippen molar-refractivity contribution in [2.24, 2.45) is 11.3 Å². The highest BCUT2D eigenvalue weighted by Crippen LogP contribution is 2.59. The molecule has 0 bridgehead atoms. The van der Waals surface area contributed by atoms with Crippen LogP contribution in [0, 0.1) is 22.7 Å². The number of rotatable bonds is 0. The molecule has 0 aromatic heterocycles. The van der Waals surface area contributed by atoms with Crippen LogP contribution in [0.25, 0.3) is 0 Å². The zero-order valence-electron chi connectivity index (χ0n) is 8.06. The van der Waals surface area contributed by atoms with Crippen molar-refractivity contribution in [1.29, 1.82) is 5.26 Å². The Morgan fingerprint density at radius 2 is 2.27 bits per heavy atom. The molecule has 2 atom stereocenters. The molecule has 0 amide bonds. The summed E-state index contributed by atoms with van der Waals surface area (Å²) in [5.74, 6) is 0.912. The summed E-state index contributed by atoms with van der Waals surface area (Å²) in [6.07, 6.45) is 0.754. The fourth-order valence-electron chi connectivity index (χ4n) is 2.21. The van der Waals surface area contributed by atoms with Gasteiger partial charge in [-0.2, -0.15) is 5.26 Å². The maximum atomic E-state index is 12.2. The van der Waals surface area contributed by atoms with Gasteiger partial charge in [0.2, 0.25) is 0 Å². The van der Waals surface area contributed by atoms with Gasteiger partial charge < -0.3 is 0 Å². The maximum Gasteiger partial charge on any atom is 0.172 e. The second-order valence-corrected chi connectivity index (χ2v) is 5.17. The molecule has 0 N–H and O–H groups in total. The summed E-state index contributed by atoms with van der Waals surface area (Å²) in [6.45, 7) is 0. The number of thioether (sulfide) groups is 1. The first-order chi connectivity index (χ1) is 7.28. The van der Waals surface area contributed by atoms with Crippen molar-refractivity contribution in [2.45, 2.75) is 11.3 Å². The molecule has 1 aromatic rings. The van der Waals surface area contributed by atoms with Gasteiger partial charge in [-0.1, -0.05) is 18.2 Å². The lowest BCUT2D eigenvalue weighted by Crippen LogP contribution is -2.25. The third-order valence-electron chi connectivity index (χ3n) is 3.30. The number of Topliss-reactive ketones (excluding diaryl/α,β-unsaturated/α-hetero) is 1. The van der Waals surface area contributed by atoms with Crippen LogP contribution in [0.3, 0.4) is 0 Å². The lowest BCUT2D eigenvalue weighted by molar-refractivity contribution is 0.0903. The van der Waals surface area contributed by atoms with E-state index in [2.05, 4.69) is 6.07 Å². The molecule has 0 saturated heterocycles. The average molecular weight is 215 g/mol. The Kier molecular flexibility index (Phi) is 1.72. The molecule has 2 nitrogen and oxygen atoms in total. The molecule has 1 heterocycles. The van der Waals surface area contributed by atoms with Gasteiger partial charge in [-0.05, 0) is 12.5 Å². The van der Waals surface area contributed by atoms with E-state index in [0.29, 0.717) is 0 Å². The summed E-state index contributed by atoms with van der Waals surface area (Å²) < 4.78 is 0. The molecule has 15 heavy (non-hydrogen) atoms. The highest BCUT2D eigenvalue weighted by atomic mass is 32.2. The molecule has 3 heteroatoms. The van der Waals surface area contributed by atoms with Gasteiger partial charge in [-0.15, -0.1) is 11.8 Å². The van der Waals surface area contributed by atoms with Gasteiger partial charge in [0.05, 0.1) is 17.4 Å². The summed E-state index contributed by atoms with van der Waals surface area (Å²) in [5, 5.41) is 8.88. The van der Waals surface area contributed by atoms with Crippen LogP contribution < -0.4 is 0 Å². The lowest BCUT2D eigenvalue weighted by Gasteiger charge is -2.22. The topological polar surface area (TPSA) is 40.9 Å². The minimum absolute atomic E-state index is 0.0501. The van der Waals surface area contributed by atoms with Gasteiger partial charge in [0, 0.05) is 16.2 Å². The summed E-state index contributed by atoms with van der Waals surface area (Å²) in [5.41, 5.74) is 0.472. The van der Waals surface area contributed by atoms with Crippen LogP contribution in [0.1, 0.15) is 16.8 Å². The summed E-state index contributed by atoms with van der Waals surface area (Å²) >= 11 is 1.71. The van der Waals surface area contributed by atoms with Crippen LogP contribution in [-0.2, 0) is 0 Å². The minimum Gasteiger partial charge on any atom is -0.293 e. The van der Waals surface area contributed by atoms with Crippen LogP contribution in [0.4, 0.5) is 0 Å². The van der Waals surface area contributed by atoms with Crippen molar-refractivity contribution in [1.82, 2.24) is 0 Å². The first-order valence-corrected chi connectivity index (χ1v) is 5.93. The number of ketones is 1. The quantitative estimate of drug-likeness (QED) is 0.667. The van der Waals surface area contributed by atoms with Crippen LogP contribution in [0.2, 0.25) is 0 Å². The van der Waals surface area contributed by atoms with E-state index < -0.39 is 0 Å². The van der Waals surface area contributed by atoms with E-state index in [0.717, 1.165) is 22.6 Å². The number of nitriles is 1. The van der Waals surface area contributed by atoms with Gasteiger partial charge in [0.15, 0.2) is 5.78 Å². The summed E-state index contributed by atoms with van der Waals surface area (Å²) in [7, 11) is 0. The van der Waals surface area contributed by atoms with Crippen molar-refractivity contribution in [3.63, 3.8) is 0 Å². The lowest BCUT2D eigenvalue weighted by atomic mass is 9.93. The molecule has 2 aliphatic rings. The average Bonchev–Trinajstić information content (AvgIpc) is 2.99. The Morgan fingerprint density at radius 1 is 1.47 bits per heavy atom. The Bertz CT molecular complexity index is 491. The van der Waals surface area contributed by atoms with E-state index in [9.17, 15) is 4.79 Å². The van der Waals surface area contributed by atoms with Crippen molar-refractivity contribution in [2.75, 3.05) is 5.75 Å². The van der Waals surface area contributed by atoms with Gasteiger partial charge in [-0.25, -0.2) is 0 Å². The van der Waals surface area contributed by atoms with E-state index in [-0.39, 0.29) is 17.1 Å². The first-order valence-electron chi connectivity index (χ1n) is 4.94. The van der Waals surface area contributed by atoms with Gasteiger partial charge in [-0.3, -0.25) is 4.79 Å². The molecule has 1 aliphatic heterocycles. The standard InChI is InChI=1S/C12H9NOS/c13-6-8-5-12(8)7-15-10-4-2-1-3-9(10)11(12)14/h1-4,8H,5,7H2. The Balaban J connectivity index is 2.05. The van der Waals surface area contributed by atoms with Crippen molar-refractivity contribution in [3.8, 4) is 6.07 Å². The SMILES string of the molecule is N#CC1CC12CSc1ccccc1C2=O. The molecule has 0 radical (unpaired) electrons. The van der Waals surface area contributed by atoms with Crippen molar-refractivity contribution < 1.29 is 4.79 Å². The normalized spacial score (nSPS) is 32.2. The van der Waals surface area contributed by atoms with Gasteiger partial charge >= 0.3 is 0 Å². The fraction of sp³-hybridized carbons (Fsp3) is 0.333. The first kappa shape index (κ1) is 8.99. The van der Waals surface area contributed by atoms with Crippen molar-refractivity contribution >= 4 is 17.5 Å². The zero-order chi connectivity index (χ0) is 10.5. The molecular weight excluding hydrogens is 206 g/mol. The van der Waals surface area contributed by atoms with E-state index in [1.165, 1.54) is 0 Å². The van der Waals surface area contributed by atoms with E-state index in [1.54, 1.807) is 11.8 Å². The molecule has 1 spiro atoms. The number of benzene rings is 1. The number of carbonyl (C=O) groups excluding carboxylic acids is 1. The molecule has 2 unspecified atom stereocenters. The Labute approximate surface area is 92.3 Å². The highest BCUT2D eigenvalue weighted by molar-refractivity contribution is 7.99. The molecule has 1 aromatic carbocycles. The van der Waals surface area contributed by atoms with Crippen LogP contribution in [0.15, 0.2) is 29.2 Å². The molecule has 74 valence electrons. The van der Waals surface area contributed by atoms with Crippen LogP contribution in [0.5, 0.6) is 0 Å². The van der Waals surface area contributed by atoms with Gasteiger partial charge in [0.25, 0.3) is 0 Å². The number of fused-ring (bicyclic) bond motifs is 1. The molecular formula is C12H9NOS. The summed E-state index contributed by atoms with van der Waals surface area (Å²) in [4.78, 5) is 13.3. The van der Waals surface area contributed by atoms with Crippen LogP contribution >= 0.6 is 11.8 Å². The predicted molar refractivity (Wildman–Crippen MR) is 57.6 cm³/mol. The van der Waals surface area contributed by atoms with Crippen LogP contribution in [-0.4, -0.2) is 11.5 Å². The molecule has 1 saturated carbocycles. The second kappa shape index (κ2) is 2.86. The Morgan fingerprint density at radius 3 is 3.00 bits per heavy atom. The summed E-state index contributed by atoms with van der Waals surface area (Å²) in [6, 6.07) is 9.92. The van der Waals surface area contributed by atoms with E-state index in [1.807, 2.05) is 24.3 Å². The number of hydrogen-bond donors (Lipinski definition) is 0. The number of nitrogens with zero attached hydrogens (tertiary/aromatic N) is 1. The fourth-order valence-corrected chi connectivity index (χ4v) is 3.56. The molecule has 3 rings (SSSR count). The van der Waals surface area contributed by atoms with E-state index >= 15 is 0 Å². The number of hydrogen-bond acceptors (Lipinski definition) is 3.